The molecule has 0 saturated heterocycles. The van der Waals surface area contributed by atoms with E-state index in [4.69, 9.17) is 16.3 Å². The summed E-state index contributed by atoms with van der Waals surface area (Å²) in [5, 5.41) is 0.210. The molecule has 0 radical (unpaired) electrons. The highest BCUT2D eigenvalue weighted by atomic mass is 79.9. The molecule has 28 heavy (non-hydrogen) atoms. The molecule has 150 valence electrons. The fourth-order valence-corrected chi connectivity index (χ4v) is 4.12. The van der Waals surface area contributed by atoms with E-state index in [0.717, 1.165) is 0 Å². The van der Waals surface area contributed by atoms with Gasteiger partial charge in [-0.15, -0.1) is 0 Å². The predicted octanol–water partition coefficient (Wildman–Crippen LogP) is 4.43. The number of para-hydroxylation sites is 1. The Bertz CT molecular complexity index is 1000. The Kier molecular flexibility index (Phi) is 6.90. The first kappa shape index (κ1) is 22.4. The van der Waals surface area contributed by atoms with Gasteiger partial charge in [0, 0.05) is 5.56 Å². The Balaban J connectivity index is 2.38. The highest BCUT2D eigenvalue weighted by Gasteiger charge is 2.33. The fourth-order valence-electron chi connectivity index (χ4n) is 2.25. The number of nitrogens with one attached hydrogen (secondary N) is 1. The molecule has 0 heterocycles. The molecule has 0 bridgehead atoms. The first-order chi connectivity index (χ1) is 12.9. The topological polar surface area (TPSA) is 89.5 Å². The number of ketones is 1. The minimum Gasteiger partial charge on any atom is -0.459 e. The highest BCUT2D eigenvalue weighted by molar-refractivity contribution is 9.10. The first-order valence-electron chi connectivity index (χ1n) is 8.20. The molecule has 0 aliphatic carbocycles. The SMILES string of the molecule is CC(C)(C)OC(=O)C(Br)C(=O)c1ccccc1S(=O)(=O)Nc1ccccc1Cl. The Labute approximate surface area is 177 Å². The van der Waals surface area contributed by atoms with E-state index in [9.17, 15) is 18.0 Å². The lowest BCUT2D eigenvalue weighted by Gasteiger charge is -2.21. The number of anilines is 1. The normalized spacial score (nSPS) is 12.9. The van der Waals surface area contributed by atoms with Crippen molar-refractivity contribution in [1.82, 2.24) is 0 Å². The molecular formula is C19H19BrClNO5S. The third-order valence-electron chi connectivity index (χ3n) is 3.40. The molecule has 1 unspecified atom stereocenters. The van der Waals surface area contributed by atoms with Crippen molar-refractivity contribution in [3.8, 4) is 0 Å². The minimum atomic E-state index is -4.13. The van der Waals surface area contributed by atoms with E-state index >= 15 is 0 Å². The number of Topliss-reactive ketones (excluding diaryl/α,β-unsaturated/α-hetero) is 1. The Morgan fingerprint density at radius 3 is 2.25 bits per heavy atom. The smallest absolute Gasteiger partial charge is 0.328 e. The molecule has 0 saturated carbocycles. The number of hydrogen-bond donors (Lipinski definition) is 1. The maximum absolute atomic E-state index is 12.8. The lowest BCUT2D eigenvalue weighted by Crippen LogP contribution is -2.34. The molecular weight excluding hydrogens is 470 g/mol. The van der Waals surface area contributed by atoms with Crippen LogP contribution < -0.4 is 4.72 Å². The van der Waals surface area contributed by atoms with Gasteiger partial charge < -0.3 is 4.74 Å². The van der Waals surface area contributed by atoms with Gasteiger partial charge in [-0.1, -0.05) is 51.8 Å². The number of alkyl halides is 1. The third-order valence-corrected chi connectivity index (χ3v) is 5.95. The summed E-state index contributed by atoms with van der Waals surface area (Å²) >= 11 is 9.03. The van der Waals surface area contributed by atoms with Crippen LogP contribution in [-0.2, 0) is 19.6 Å². The van der Waals surface area contributed by atoms with E-state index in [1.54, 1.807) is 32.9 Å². The number of hydrogen-bond acceptors (Lipinski definition) is 5. The predicted molar refractivity (Wildman–Crippen MR) is 112 cm³/mol. The maximum atomic E-state index is 12.8. The Morgan fingerprint density at radius 2 is 1.64 bits per heavy atom. The zero-order chi connectivity index (χ0) is 21.1. The first-order valence-corrected chi connectivity index (χ1v) is 11.0. The van der Waals surface area contributed by atoms with Crippen LogP contribution in [0.15, 0.2) is 53.4 Å². The summed E-state index contributed by atoms with van der Waals surface area (Å²) in [6, 6.07) is 11.9. The summed E-state index contributed by atoms with van der Waals surface area (Å²) in [5.74, 6) is -1.53. The van der Waals surface area contributed by atoms with E-state index in [1.807, 2.05) is 0 Å². The fraction of sp³-hybridized carbons (Fsp3) is 0.263. The second-order valence-electron chi connectivity index (χ2n) is 6.84. The molecule has 2 aromatic carbocycles. The molecule has 0 aliphatic heterocycles. The van der Waals surface area contributed by atoms with Crippen LogP contribution in [0.5, 0.6) is 0 Å². The van der Waals surface area contributed by atoms with Crippen LogP contribution in [0.2, 0.25) is 5.02 Å². The van der Waals surface area contributed by atoms with Gasteiger partial charge in [0.2, 0.25) is 0 Å². The van der Waals surface area contributed by atoms with Gasteiger partial charge in [-0.05, 0) is 45.0 Å². The summed E-state index contributed by atoms with van der Waals surface area (Å²) in [5.41, 5.74) is -0.760. The van der Waals surface area contributed by atoms with Gasteiger partial charge in [0.25, 0.3) is 10.0 Å². The highest BCUT2D eigenvalue weighted by Crippen LogP contribution is 2.27. The minimum absolute atomic E-state index is 0.144. The van der Waals surface area contributed by atoms with Gasteiger partial charge >= 0.3 is 5.97 Å². The van der Waals surface area contributed by atoms with Crippen molar-refractivity contribution in [2.75, 3.05) is 4.72 Å². The largest absolute Gasteiger partial charge is 0.459 e. The summed E-state index contributed by atoms with van der Waals surface area (Å²) in [6.45, 7) is 5.00. The van der Waals surface area contributed by atoms with Crippen LogP contribution in [0.3, 0.4) is 0 Å². The van der Waals surface area contributed by atoms with Crippen molar-refractivity contribution in [1.29, 1.82) is 0 Å². The Morgan fingerprint density at radius 1 is 1.07 bits per heavy atom. The average molecular weight is 489 g/mol. The second-order valence-corrected chi connectivity index (χ2v) is 9.82. The van der Waals surface area contributed by atoms with Gasteiger partial charge in [-0.25, -0.2) is 8.42 Å². The molecule has 0 aromatic heterocycles. The molecule has 1 atom stereocenters. The number of benzene rings is 2. The third kappa shape index (κ3) is 5.56. The molecule has 1 N–H and O–H groups in total. The van der Waals surface area contributed by atoms with Gasteiger partial charge in [0.05, 0.1) is 15.6 Å². The van der Waals surface area contributed by atoms with E-state index < -0.39 is 32.2 Å². The van der Waals surface area contributed by atoms with Gasteiger partial charge in [0.1, 0.15) is 5.60 Å². The molecule has 0 aliphatic rings. The van der Waals surface area contributed by atoms with Crippen LogP contribution >= 0.6 is 27.5 Å². The molecule has 6 nitrogen and oxygen atoms in total. The lowest BCUT2D eigenvalue weighted by atomic mass is 10.1. The van der Waals surface area contributed by atoms with Crippen LogP contribution in [0, 0.1) is 0 Å². The number of halogens is 2. The number of sulfonamides is 1. The molecule has 9 heteroatoms. The van der Waals surface area contributed by atoms with Crippen molar-refractivity contribution in [2.45, 2.75) is 36.1 Å². The van der Waals surface area contributed by atoms with E-state index in [1.165, 1.54) is 36.4 Å². The number of rotatable bonds is 6. The van der Waals surface area contributed by atoms with Crippen LogP contribution in [0.4, 0.5) is 5.69 Å². The van der Waals surface area contributed by atoms with Crippen molar-refractivity contribution in [2.24, 2.45) is 0 Å². The van der Waals surface area contributed by atoms with Crippen LogP contribution in [0.25, 0.3) is 0 Å². The van der Waals surface area contributed by atoms with Gasteiger partial charge in [-0.3, -0.25) is 14.3 Å². The lowest BCUT2D eigenvalue weighted by molar-refractivity contribution is -0.152. The summed E-state index contributed by atoms with van der Waals surface area (Å²) < 4.78 is 33.2. The summed E-state index contributed by atoms with van der Waals surface area (Å²) in [4.78, 5) is 23.4. The molecule has 2 aromatic rings. The Hall–Kier alpha value is -1.90. The van der Waals surface area contributed by atoms with Crippen molar-refractivity contribution >= 4 is 55.0 Å². The maximum Gasteiger partial charge on any atom is 0.328 e. The molecule has 0 fully saturated rings. The zero-order valence-corrected chi connectivity index (χ0v) is 18.6. The van der Waals surface area contributed by atoms with Gasteiger partial charge in [0.15, 0.2) is 10.6 Å². The second kappa shape index (κ2) is 8.63. The summed E-state index contributed by atoms with van der Waals surface area (Å²) in [7, 11) is -4.13. The van der Waals surface area contributed by atoms with E-state index in [0.29, 0.717) is 0 Å². The molecule has 0 spiro atoms. The molecule has 0 amide bonds. The van der Waals surface area contributed by atoms with Crippen LogP contribution in [0.1, 0.15) is 31.1 Å². The van der Waals surface area contributed by atoms with Crippen molar-refractivity contribution in [3.05, 3.63) is 59.1 Å². The van der Waals surface area contributed by atoms with Gasteiger partial charge in [-0.2, -0.15) is 0 Å². The van der Waals surface area contributed by atoms with Crippen LogP contribution in [-0.4, -0.2) is 30.6 Å². The van der Waals surface area contributed by atoms with E-state index in [2.05, 4.69) is 20.7 Å². The quantitative estimate of drug-likeness (QED) is 0.281. The van der Waals surface area contributed by atoms with Crippen molar-refractivity contribution in [3.63, 3.8) is 0 Å². The number of esters is 1. The van der Waals surface area contributed by atoms with Crippen molar-refractivity contribution < 1.29 is 22.7 Å². The standard InChI is InChI=1S/C19H19BrClNO5S/c1-19(2,3)27-18(24)16(20)17(23)12-8-4-7-11-15(12)28(25,26)22-14-10-6-5-9-13(14)21/h4-11,16,22H,1-3H3. The number of carbonyl (C=O) groups excluding carboxylic acids is 2. The number of ether oxygens (including phenoxy) is 1. The monoisotopic (exact) mass is 487 g/mol. The molecule has 2 rings (SSSR count). The summed E-state index contributed by atoms with van der Waals surface area (Å²) in [6.07, 6.45) is 0. The zero-order valence-electron chi connectivity index (χ0n) is 15.4. The average Bonchev–Trinajstić information content (AvgIpc) is 2.61. The van der Waals surface area contributed by atoms with E-state index in [-0.39, 0.29) is 21.2 Å². The number of carbonyl (C=O) groups is 2.